The number of nitrogens with one attached hydrogen (secondary N) is 1. The number of aryl methyl sites for hydroxylation is 1. The highest BCUT2D eigenvalue weighted by Crippen LogP contribution is 2.14. The number of fused-ring (bicyclic) bond motifs is 1. The van der Waals surface area contributed by atoms with Crippen LogP contribution in [0.4, 0.5) is 0 Å². The Balaban J connectivity index is 2.15. The molecule has 0 saturated heterocycles. The van der Waals surface area contributed by atoms with E-state index in [9.17, 15) is 4.79 Å². The molecular formula is C13H19N3O2. The van der Waals surface area contributed by atoms with Crippen LogP contribution in [0.3, 0.4) is 0 Å². The molecule has 2 aromatic rings. The normalized spacial score (nSPS) is 12.2. The van der Waals surface area contributed by atoms with Crippen LogP contribution in [0.25, 0.3) is 11.1 Å². The van der Waals surface area contributed by atoms with E-state index in [1.807, 2.05) is 32.0 Å². The topological polar surface area (TPSA) is 73.2 Å². The number of rotatable bonds is 4. The van der Waals surface area contributed by atoms with Crippen LogP contribution in [0, 0.1) is 0 Å². The van der Waals surface area contributed by atoms with Crippen molar-refractivity contribution in [1.29, 1.82) is 0 Å². The molecule has 3 N–H and O–H groups in total. The molecule has 0 aliphatic carbocycles. The molecule has 0 radical (unpaired) electrons. The molecule has 0 unspecified atom stereocenters. The molecule has 0 atom stereocenters. The van der Waals surface area contributed by atoms with Gasteiger partial charge in [-0.25, -0.2) is 4.79 Å². The molecule has 0 spiro atoms. The van der Waals surface area contributed by atoms with Crippen LogP contribution in [-0.4, -0.2) is 16.7 Å². The van der Waals surface area contributed by atoms with E-state index in [0.29, 0.717) is 5.58 Å². The molecule has 0 aliphatic rings. The van der Waals surface area contributed by atoms with Gasteiger partial charge in [0.25, 0.3) is 0 Å². The summed E-state index contributed by atoms with van der Waals surface area (Å²) in [6.07, 6.45) is 0. The second-order valence-corrected chi connectivity index (χ2v) is 5.32. The number of hydrogen-bond acceptors (Lipinski definition) is 4. The zero-order valence-corrected chi connectivity index (χ0v) is 11.0. The summed E-state index contributed by atoms with van der Waals surface area (Å²) in [5.41, 5.74) is 8.19. The van der Waals surface area contributed by atoms with E-state index in [4.69, 9.17) is 10.2 Å². The zero-order valence-electron chi connectivity index (χ0n) is 11.0. The maximum atomic E-state index is 11.4. The van der Waals surface area contributed by atoms with Gasteiger partial charge in [0, 0.05) is 25.7 Å². The number of nitrogens with zero attached hydrogens (tertiary/aromatic N) is 1. The van der Waals surface area contributed by atoms with Gasteiger partial charge in [0.1, 0.15) is 0 Å². The minimum atomic E-state index is -0.335. The van der Waals surface area contributed by atoms with E-state index in [2.05, 4.69) is 5.32 Å². The Labute approximate surface area is 106 Å². The van der Waals surface area contributed by atoms with Crippen molar-refractivity contribution < 1.29 is 4.42 Å². The van der Waals surface area contributed by atoms with E-state index in [-0.39, 0.29) is 11.3 Å². The maximum Gasteiger partial charge on any atom is 0.419 e. The molecule has 98 valence electrons. The van der Waals surface area contributed by atoms with Gasteiger partial charge in [0.05, 0.1) is 5.52 Å². The Kier molecular flexibility index (Phi) is 3.28. The van der Waals surface area contributed by atoms with Gasteiger partial charge in [-0.15, -0.1) is 0 Å². The molecule has 0 saturated carbocycles. The van der Waals surface area contributed by atoms with Crippen LogP contribution in [0.5, 0.6) is 0 Å². The van der Waals surface area contributed by atoms with Crippen molar-refractivity contribution in [2.45, 2.75) is 25.9 Å². The van der Waals surface area contributed by atoms with Crippen LogP contribution in [0.15, 0.2) is 27.4 Å². The van der Waals surface area contributed by atoms with Crippen molar-refractivity contribution >= 4 is 11.1 Å². The average molecular weight is 249 g/mol. The first-order valence-electron chi connectivity index (χ1n) is 5.95. The fourth-order valence-corrected chi connectivity index (χ4v) is 1.81. The first-order valence-corrected chi connectivity index (χ1v) is 5.95. The lowest BCUT2D eigenvalue weighted by Gasteiger charge is -2.18. The lowest BCUT2D eigenvalue weighted by molar-refractivity contribution is 0.466. The van der Waals surface area contributed by atoms with Crippen molar-refractivity contribution in [3.05, 3.63) is 34.3 Å². The van der Waals surface area contributed by atoms with Gasteiger partial charge in [0.15, 0.2) is 5.58 Å². The third kappa shape index (κ3) is 2.80. The van der Waals surface area contributed by atoms with E-state index in [1.165, 1.54) is 4.57 Å². The smallest absolute Gasteiger partial charge is 0.408 e. The fraction of sp³-hybridized carbons (Fsp3) is 0.462. The van der Waals surface area contributed by atoms with Crippen LogP contribution in [0.1, 0.15) is 19.4 Å². The Hall–Kier alpha value is -1.59. The van der Waals surface area contributed by atoms with Crippen molar-refractivity contribution in [3.8, 4) is 0 Å². The SMILES string of the molecule is Cn1c(=O)oc2ccc(CNCC(C)(C)N)cc21. The highest BCUT2D eigenvalue weighted by atomic mass is 16.4. The molecule has 0 aliphatic heterocycles. The summed E-state index contributed by atoms with van der Waals surface area (Å²) in [5, 5.41) is 3.29. The Morgan fingerprint density at radius 1 is 1.44 bits per heavy atom. The summed E-state index contributed by atoms with van der Waals surface area (Å²) in [6, 6.07) is 5.72. The van der Waals surface area contributed by atoms with Crippen molar-refractivity contribution in [2.24, 2.45) is 12.8 Å². The first kappa shape index (κ1) is 12.9. The van der Waals surface area contributed by atoms with Crippen LogP contribution in [-0.2, 0) is 13.6 Å². The second-order valence-electron chi connectivity index (χ2n) is 5.32. The summed E-state index contributed by atoms with van der Waals surface area (Å²) >= 11 is 0. The molecule has 5 heteroatoms. The lowest BCUT2D eigenvalue weighted by Crippen LogP contribution is -2.42. The Morgan fingerprint density at radius 3 is 2.83 bits per heavy atom. The van der Waals surface area contributed by atoms with E-state index in [1.54, 1.807) is 7.05 Å². The van der Waals surface area contributed by atoms with E-state index >= 15 is 0 Å². The molecule has 18 heavy (non-hydrogen) atoms. The molecule has 0 amide bonds. The molecule has 1 heterocycles. The fourth-order valence-electron chi connectivity index (χ4n) is 1.81. The third-order valence-electron chi connectivity index (χ3n) is 2.77. The van der Waals surface area contributed by atoms with Crippen molar-refractivity contribution in [1.82, 2.24) is 9.88 Å². The minimum Gasteiger partial charge on any atom is -0.408 e. The average Bonchev–Trinajstić information content (AvgIpc) is 2.54. The van der Waals surface area contributed by atoms with Crippen LogP contribution >= 0.6 is 0 Å². The van der Waals surface area contributed by atoms with Crippen LogP contribution in [0.2, 0.25) is 0 Å². The molecular weight excluding hydrogens is 230 g/mol. The number of aromatic nitrogens is 1. The highest BCUT2D eigenvalue weighted by molar-refractivity contribution is 5.73. The minimum absolute atomic E-state index is 0.230. The molecule has 5 nitrogen and oxygen atoms in total. The summed E-state index contributed by atoms with van der Waals surface area (Å²) < 4.78 is 6.59. The van der Waals surface area contributed by atoms with Crippen molar-refractivity contribution in [3.63, 3.8) is 0 Å². The van der Waals surface area contributed by atoms with Crippen molar-refractivity contribution in [2.75, 3.05) is 6.54 Å². The Morgan fingerprint density at radius 2 is 2.17 bits per heavy atom. The number of benzene rings is 1. The molecule has 1 aromatic heterocycles. The van der Waals surface area contributed by atoms with Gasteiger partial charge in [-0.05, 0) is 31.5 Å². The first-order chi connectivity index (χ1) is 8.37. The standard InChI is InChI=1S/C13H19N3O2/c1-13(2,14)8-15-7-9-4-5-11-10(6-9)16(3)12(17)18-11/h4-6,15H,7-8,14H2,1-3H3. The van der Waals surface area contributed by atoms with Gasteiger partial charge < -0.3 is 15.5 Å². The monoisotopic (exact) mass is 249 g/mol. The molecule has 0 bridgehead atoms. The zero-order chi connectivity index (χ0) is 13.3. The summed E-state index contributed by atoms with van der Waals surface area (Å²) in [6.45, 7) is 5.40. The molecule has 1 aromatic carbocycles. The molecule has 0 fully saturated rings. The highest BCUT2D eigenvalue weighted by Gasteiger charge is 2.10. The van der Waals surface area contributed by atoms with E-state index in [0.717, 1.165) is 24.2 Å². The predicted molar refractivity (Wildman–Crippen MR) is 71.4 cm³/mol. The largest absolute Gasteiger partial charge is 0.419 e. The van der Waals surface area contributed by atoms with Gasteiger partial charge in [-0.1, -0.05) is 6.07 Å². The lowest BCUT2D eigenvalue weighted by atomic mass is 10.1. The quantitative estimate of drug-likeness (QED) is 0.846. The predicted octanol–water partition coefficient (Wildman–Crippen LogP) is 0.958. The maximum absolute atomic E-state index is 11.4. The summed E-state index contributed by atoms with van der Waals surface area (Å²) in [7, 11) is 1.70. The van der Waals surface area contributed by atoms with Gasteiger partial charge in [-0.3, -0.25) is 4.57 Å². The summed E-state index contributed by atoms with van der Waals surface area (Å²) in [4.78, 5) is 11.4. The van der Waals surface area contributed by atoms with Gasteiger partial charge in [0.2, 0.25) is 0 Å². The number of oxazole rings is 1. The molecule has 2 rings (SSSR count). The summed E-state index contributed by atoms with van der Waals surface area (Å²) in [5.74, 6) is -0.335. The third-order valence-corrected chi connectivity index (χ3v) is 2.77. The number of hydrogen-bond donors (Lipinski definition) is 2. The van der Waals surface area contributed by atoms with E-state index < -0.39 is 0 Å². The Bertz CT molecular complexity index is 605. The van der Waals surface area contributed by atoms with Crippen LogP contribution < -0.4 is 16.8 Å². The number of nitrogens with two attached hydrogens (primary N) is 1. The van der Waals surface area contributed by atoms with Gasteiger partial charge >= 0.3 is 5.76 Å². The van der Waals surface area contributed by atoms with Gasteiger partial charge in [-0.2, -0.15) is 0 Å². The second kappa shape index (κ2) is 4.59.